The van der Waals surface area contributed by atoms with Crippen LogP contribution in [-0.4, -0.2) is 51.6 Å². The lowest BCUT2D eigenvalue weighted by atomic mass is 9.67. The quantitative estimate of drug-likeness (QED) is 0.456. The average molecular weight is 562 g/mol. The number of aromatic nitrogens is 2. The molecule has 38 heavy (non-hydrogen) atoms. The predicted molar refractivity (Wildman–Crippen MR) is 130 cm³/mol. The molecule has 2 fully saturated rings. The van der Waals surface area contributed by atoms with Crippen molar-refractivity contribution in [2.45, 2.75) is 62.1 Å². The number of amides is 2. The van der Waals surface area contributed by atoms with Crippen molar-refractivity contribution in [1.29, 1.82) is 0 Å². The summed E-state index contributed by atoms with van der Waals surface area (Å²) in [6, 6.07) is 5.49. The highest BCUT2D eigenvalue weighted by atomic mass is 32.2. The topological polar surface area (TPSA) is 105 Å². The molecule has 2 aliphatic rings. The van der Waals surface area contributed by atoms with Crippen LogP contribution in [0.2, 0.25) is 0 Å². The molecule has 0 spiro atoms. The molecule has 1 atom stereocenters. The van der Waals surface area contributed by atoms with E-state index in [0.29, 0.717) is 12.8 Å². The molecule has 2 amide bonds. The fourth-order valence-electron chi connectivity index (χ4n) is 4.85. The lowest BCUT2D eigenvalue weighted by Gasteiger charge is -2.44. The van der Waals surface area contributed by atoms with Crippen molar-refractivity contribution in [3.8, 4) is 0 Å². The van der Waals surface area contributed by atoms with Gasteiger partial charge in [0.2, 0.25) is 5.92 Å². The SMILES string of the molecule is CNCC(=O)N=S(C)(=O)c1cccc(NC(=O)c2c(C(F)(F)F)c(C3CC3)nn2CC2(C)CC(F)(F)C2)c1. The van der Waals surface area contributed by atoms with E-state index in [2.05, 4.69) is 20.1 Å². The normalized spacial score (nSPS) is 19.8. The maximum atomic E-state index is 14.2. The number of hydrogen-bond acceptors (Lipinski definition) is 5. The summed E-state index contributed by atoms with van der Waals surface area (Å²) in [5.41, 5.74) is -3.19. The van der Waals surface area contributed by atoms with Gasteiger partial charge in [-0.3, -0.25) is 14.3 Å². The van der Waals surface area contributed by atoms with Crippen molar-refractivity contribution in [3.63, 3.8) is 0 Å². The smallest absolute Gasteiger partial charge is 0.321 e. The minimum Gasteiger partial charge on any atom is -0.321 e. The fraction of sp³-hybridized carbons (Fsp3) is 0.542. The minimum atomic E-state index is -4.90. The van der Waals surface area contributed by atoms with Gasteiger partial charge >= 0.3 is 6.18 Å². The third-order valence-electron chi connectivity index (χ3n) is 6.48. The summed E-state index contributed by atoms with van der Waals surface area (Å²) >= 11 is 0. The Kier molecular flexibility index (Phi) is 7.19. The van der Waals surface area contributed by atoms with Crippen LogP contribution in [-0.2, 0) is 27.2 Å². The van der Waals surface area contributed by atoms with Gasteiger partial charge in [0, 0.05) is 42.1 Å². The molecular weight excluding hydrogens is 533 g/mol. The van der Waals surface area contributed by atoms with Gasteiger partial charge in [-0.15, -0.1) is 0 Å². The Morgan fingerprint density at radius 1 is 1.24 bits per heavy atom. The molecule has 2 aliphatic carbocycles. The largest absolute Gasteiger partial charge is 0.420 e. The van der Waals surface area contributed by atoms with E-state index >= 15 is 0 Å². The van der Waals surface area contributed by atoms with E-state index in [1.54, 1.807) is 0 Å². The zero-order valence-electron chi connectivity index (χ0n) is 21.0. The van der Waals surface area contributed by atoms with Crippen molar-refractivity contribution < 1.29 is 35.8 Å². The number of alkyl halides is 5. The van der Waals surface area contributed by atoms with Crippen LogP contribution in [0.3, 0.4) is 0 Å². The molecule has 1 aromatic carbocycles. The first-order chi connectivity index (χ1) is 17.5. The van der Waals surface area contributed by atoms with Gasteiger partial charge in [-0.2, -0.15) is 22.6 Å². The molecule has 2 aromatic rings. The second-order valence-electron chi connectivity index (χ2n) is 10.4. The number of nitrogens with one attached hydrogen (secondary N) is 2. The Bertz CT molecular complexity index is 1380. The van der Waals surface area contributed by atoms with Gasteiger partial charge in [0.05, 0.1) is 22.0 Å². The van der Waals surface area contributed by atoms with Crippen molar-refractivity contribution in [3.05, 3.63) is 41.2 Å². The van der Waals surface area contributed by atoms with Gasteiger partial charge in [-0.25, -0.2) is 13.0 Å². The Morgan fingerprint density at radius 2 is 1.89 bits per heavy atom. The molecule has 1 aromatic heterocycles. The number of carbonyl (C=O) groups is 2. The molecule has 14 heteroatoms. The molecule has 0 radical (unpaired) electrons. The molecule has 2 N–H and O–H groups in total. The van der Waals surface area contributed by atoms with Gasteiger partial charge in [0.1, 0.15) is 11.3 Å². The highest BCUT2D eigenvalue weighted by molar-refractivity contribution is 7.93. The summed E-state index contributed by atoms with van der Waals surface area (Å²) in [6.07, 6.45) is -3.75. The zero-order chi connectivity index (χ0) is 28.1. The van der Waals surface area contributed by atoms with E-state index in [1.807, 2.05) is 0 Å². The number of benzene rings is 1. The number of carbonyl (C=O) groups excluding carboxylic acids is 2. The van der Waals surface area contributed by atoms with E-state index in [1.165, 1.54) is 44.5 Å². The van der Waals surface area contributed by atoms with Crippen molar-refractivity contribution in [1.82, 2.24) is 15.1 Å². The van der Waals surface area contributed by atoms with Crippen LogP contribution < -0.4 is 10.6 Å². The molecule has 1 unspecified atom stereocenters. The second kappa shape index (κ2) is 9.70. The summed E-state index contributed by atoms with van der Waals surface area (Å²) in [6.45, 7) is 1.11. The van der Waals surface area contributed by atoms with E-state index < -0.39 is 69.1 Å². The molecule has 0 saturated heterocycles. The lowest BCUT2D eigenvalue weighted by Crippen LogP contribution is -2.47. The maximum absolute atomic E-state index is 14.2. The van der Waals surface area contributed by atoms with E-state index in [0.717, 1.165) is 4.68 Å². The minimum absolute atomic E-state index is 0.0218. The van der Waals surface area contributed by atoms with Gasteiger partial charge < -0.3 is 10.6 Å². The molecule has 4 rings (SSSR count). The Labute approximate surface area is 216 Å². The first-order valence-corrected chi connectivity index (χ1v) is 13.8. The van der Waals surface area contributed by atoms with Gasteiger partial charge in [0.15, 0.2) is 0 Å². The number of halogens is 5. The number of rotatable bonds is 8. The summed E-state index contributed by atoms with van der Waals surface area (Å²) < 4.78 is 87.5. The maximum Gasteiger partial charge on any atom is 0.420 e. The van der Waals surface area contributed by atoms with Crippen LogP contribution in [0.25, 0.3) is 0 Å². The monoisotopic (exact) mass is 561 g/mol. The fourth-order valence-corrected chi connectivity index (χ4v) is 6.08. The molecule has 0 bridgehead atoms. The lowest BCUT2D eigenvalue weighted by molar-refractivity contribution is -0.160. The number of anilines is 1. The van der Waals surface area contributed by atoms with Gasteiger partial charge in [-0.05, 0) is 43.5 Å². The molecule has 0 aliphatic heterocycles. The molecule has 8 nitrogen and oxygen atoms in total. The number of likely N-dealkylation sites (N-methyl/N-ethyl adjacent to an activating group) is 1. The Morgan fingerprint density at radius 3 is 2.45 bits per heavy atom. The average Bonchev–Trinajstić information content (AvgIpc) is 3.52. The van der Waals surface area contributed by atoms with Crippen LogP contribution in [0.15, 0.2) is 33.5 Å². The van der Waals surface area contributed by atoms with Crippen molar-refractivity contribution in [2.75, 3.05) is 25.2 Å². The van der Waals surface area contributed by atoms with E-state index in [-0.39, 0.29) is 29.4 Å². The second-order valence-corrected chi connectivity index (χ2v) is 12.6. The molecule has 1 heterocycles. The standard InChI is InChI=1S/C24H28F5N5O3S/c1-22(11-23(25,26)12-22)13-34-20(18(24(27,28)29)19(32-34)14-7-8-14)21(36)31-15-5-4-6-16(9-15)38(3,37)33-17(35)10-30-2/h4-6,9,14,30H,7-8,10-13H2,1-3H3,(H,31,36). The van der Waals surface area contributed by atoms with Gasteiger partial charge in [0.25, 0.3) is 11.8 Å². The third kappa shape index (κ3) is 6.06. The van der Waals surface area contributed by atoms with Crippen LogP contribution in [0.1, 0.15) is 60.3 Å². The highest BCUT2D eigenvalue weighted by Gasteiger charge is 2.55. The van der Waals surface area contributed by atoms with Crippen LogP contribution >= 0.6 is 0 Å². The molecule has 208 valence electrons. The van der Waals surface area contributed by atoms with Crippen molar-refractivity contribution >= 4 is 27.2 Å². The summed E-state index contributed by atoms with van der Waals surface area (Å²) in [7, 11) is -1.69. The Hall–Kier alpha value is -2.87. The third-order valence-corrected chi connectivity index (χ3v) is 8.16. The summed E-state index contributed by atoms with van der Waals surface area (Å²) in [5, 5.41) is 9.11. The summed E-state index contributed by atoms with van der Waals surface area (Å²) in [5.74, 6) is -5.16. The van der Waals surface area contributed by atoms with E-state index in [9.17, 15) is 35.8 Å². The molecule has 2 saturated carbocycles. The van der Waals surface area contributed by atoms with Crippen LogP contribution in [0.5, 0.6) is 0 Å². The first kappa shape index (κ1) is 28.1. The zero-order valence-corrected chi connectivity index (χ0v) is 21.8. The molecular formula is C24H28F5N5O3S. The van der Waals surface area contributed by atoms with Crippen molar-refractivity contribution in [2.24, 2.45) is 9.78 Å². The summed E-state index contributed by atoms with van der Waals surface area (Å²) in [4.78, 5) is 25.3. The van der Waals surface area contributed by atoms with Crippen LogP contribution in [0, 0.1) is 5.41 Å². The van der Waals surface area contributed by atoms with E-state index in [4.69, 9.17) is 0 Å². The predicted octanol–water partition coefficient (Wildman–Crippen LogP) is 4.67. The Balaban J connectivity index is 1.70. The van der Waals surface area contributed by atoms with Crippen LogP contribution in [0.4, 0.5) is 27.6 Å². The number of nitrogens with zero attached hydrogens (tertiary/aromatic N) is 3. The first-order valence-electron chi connectivity index (χ1n) is 11.9. The van der Waals surface area contributed by atoms with Gasteiger partial charge in [-0.1, -0.05) is 13.0 Å². The highest BCUT2D eigenvalue weighted by Crippen LogP contribution is 2.53. The number of hydrogen-bond donors (Lipinski definition) is 2.